The number of rotatable bonds is 8. The van der Waals surface area contributed by atoms with E-state index in [1.54, 1.807) is 38.1 Å². The molecular formula is C26H31N5O5. The summed E-state index contributed by atoms with van der Waals surface area (Å²) in [5.41, 5.74) is 3.60. The lowest BCUT2D eigenvalue weighted by Crippen LogP contribution is -2.30. The Morgan fingerprint density at radius 3 is 2.69 bits per heavy atom. The van der Waals surface area contributed by atoms with Gasteiger partial charge in [0.25, 0.3) is 0 Å². The van der Waals surface area contributed by atoms with Gasteiger partial charge in [-0.3, -0.25) is 9.48 Å². The number of carboxylic acids is 1. The maximum atomic E-state index is 12.5. The quantitative estimate of drug-likeness (QED) is 0.500. The lowest BCUT2D eigenvalue weighted by molar-refractivity contribution is -0.143. The van der Waals surface area contributed by atoms with Crippen LogP contribution < -0.4 is 4.74 Å². The van der Waals surface area contributed by atoms with Crippen molar-refractivity contribution in [1.29, 1.82) is 0 Å². The van der Waals surface area contributed by atoms with Gasteiger partial charge in [0, 0.05) is 26.2 Å². The maximum Gasteiger partial charge on any atom is 0.410 e. The Labute approximate surface area is 209 Å². The normalized spacial score (nSPS) is 17.4. The van der Waals surface area contributed by atoms with E-state index in [0.29, 0.717) is 47.9 Å². The zero-order chi connectivity index (χ0) is 25.7. The number of aliphatic carboxylic acids is 1. The van der Waals surface area contributed by atoms with Gasteiger partial charge in [0.1, 0.15) is 18.4 Å². The number of aromatic nitrogens is 4. The number of hydrogen-bond acceptors (Lipinski definition) is 7. The second-order valence-corrected chi connectivity index (χ2v) is 9.11. The van der Waals surface area contributed by atoms with Gasteiger partial charge < -0.3 is 19.5 Å². The van der Waals surface area contributed by atoms with Crippen LogP contribution in [-0.4, -0.2) is 55.0 Å². The van der Waals surface area contributed by atoms with Crippen molar-refractivity contribution in [2.24, 2.45) is 13.0 Å². The first kappa shape index (κ1) is 25.2. The monoisotopic (exact) mass is 493 g/mol. The average molecular weight is 494 g/mol. The van der Waals surface area contributed by atoms with Crippen molar-refractivity contribution in [3.63, 3.8) is 0 Å². The highest BCUT2D eigenvalue weighted by Crippen LogP contribution is 2.29. The van der Waals surface area contributed by atoms with Crippen LogP contribution in [0.4, 0.5) is 4.79 Å². The molecule has 0 bridgehead atoms. The van der Waals surface area contributed by atoms with E-state index in [1.165, 1.54) is 4.90 Å². The van der Waals surface area contributed by atoms with E-state index >= 15 is 0 Å². The Balaban J connectivity index is 1.41. The summed E-state index contributed by atoms with van der Waals surface area (Å²) in [5.74, 6) is -0.768. The van der Waals surface area contributed by atoms with E-state index < -0.39 is 12.1 Å². The van der Waals surface area contributed by atoms with Crippen LogP contribution in [0.5, 0.6) is 5.88 Å². The van der Waals surface area contributed by atoms with Gasteiger partial charge in [0.05, 0.1) is 29.7 Å². The molecule has 1 aliphatic rings. The van der Waals surface area contributed by atoms with Crippen molar-refractivity contribution in [1.82, 2.24) is 24.6 Å². The molecule has 0 spiro atoms. The maximum absolute atomic E-state index is 12.5. The highest BCUT2D eigenvalue weighted by molar-refractivity contribution is 5.70. The Morgan fingerprint density at radius 2 is 1.97 bits per heavy atom. The minimum absolute atomic E-state index is 0.0292. The third-order valence-corrected chi connectivity index (χ3v) is 6.40. The first-order valence-corrected chi connectivity index (χ1v) is 12.0. The van der Waals surface area contributed by atoms with Crippen LogP contribution in [-0.2, 0) is 29.7 Å². The van der Waals surface area contributed by atoms with E-state index in [-0.39, 0.29) is 18.6 Å². The van der Waals surface area contributed by atoms with Crippen molar-refractivity contribution in [3.8, 4) is 17.1 Å². The summed E-state index contributed by atoms with van der Waals surface area (Å²) in [5, 5.41) is 13.6. The number of carbonyl (C=O) groups is 2. The summed E-state index contributed by atoms with van der Waals surface area (Å²) in [6, 6.07) is 9.70. The fraction of sp³-hybridized carbons (Fsp3) is 0.423. The summed E-state index contributed by atoms with van der Waals surface area (Å²) < 4.78 is 13.2. The van der Waals surface area contributed by atoms with Crippen molar-refractivity contribution in [3.05, 3.63) is 59.7 Å². The number of nitrogens with zero attached hydrogens (tertiary/aromatic N) is 5. The molecule has 3 aromatic rings. The highest BCUT2D eigenvalue weighted by atomic mass is 16.6. The lowest BCUT2D eigenvalue weighted by atomic mass is 9.87. The number of carbonyl (C=O) groups excluding carboxylic acids is 1. The van der Waals surface area contributed by atoms with E-state index in [2.05, 4.69) is 15.1 Å². The number of hydrogen-bond donors (Lipinski definition) is 1. The van der Waals surface area contributed by atoms with Gasteiger partial charge in [0.15, 0.2) is 0 Å². The summed E-state index contributed by atoms with van der Waals surface area (Å²) in [7, 11) is 3.47. The zero-order valence-electron chi connectivity index (χ0n) is 20.8. The fourth-order valence-electron chi connectivity index (χ4n) is 4.36. The molecule has 4 rings (SSSR count). The Hall–Kier alpha value is -3.95. The van der Waals surface area contributed by atoms with E-state index in [4.69, 9.17) is 9.47 Å². The first-order valence-electron chi connectivity index (χ1n) is 12.0. The van der Waals surface area contributed by atoms with Crippen molar-refractivity contribution in [2.45, 2.75) is 51.9 Å². The van der Waals surface area contributed by atoms with Crippen LogP contribution >= 0.6 is 0 Å². The summed E-state index contributed by atoms with van der Waals surface area (Å²) >= 11 is 0. The Bertz CT molecular complexity index is 1210. The molecule has 1 fully saturated rings. The molecule has 1 aromatic carbocycles. The van der Waals surface area contributed by atoms with E-state index in [0.717, 1.165) is 18.4 Å². The molecule has 2 aromatic heterocycles. The molecule has 1 aliphatic carbocycles. The molecule has 1 N–H and O–H groups in total. The number of carboxylic acid groups (broad SMARTS) is 1. The standard InChI is InChI=1S/C26H31N5O5/c1-17-24(36-20-11-7-10-19(12-20)25(32)33)27-14-22(29-17)21-13-28-31(3)23(21)16-35-26(34)30(2)15-18-8-5-4-6-9-18/h4-6,8-9,13-14,19-20H,7,10-12,15-16H2,1-3H3,(H,32,33)/t19-,20-/m0/s1. The number of ether oxygens (including phenoxy) is 2. The van der Waals surface area contributed by atoms with Gasteiger partial charge in [-0.2, -0.15) is 5.10 Å². The number of aryl methyl sites for hydroxylation is 2. The summed E-state index contributed by atoms with van der Waals surface area (Å²) in [6.07, 6.45) is 5.38. The zero-order valence-corrected chi connectivity index (χ0v) is 20.8. The molecule has 0 saturated heterocycles. The molecule has 0 unspecified atom stereocenters. The van der Waals surface area contributed by atoms with Gasteiger partial charge in [-0.05, 0) is 38.2 Å². The topological polar surface area (TPSA) is 120 Å². The largest absolute Gasteiger partial charge is 0.481 e. The smallest absolute Gasteiger partial charge is 0.410 e. The molecule has 0 radical (unpaired) electrons. The van der Waals surface area contributed by atoms with Crippen LogP contribution in [0.3, 0.4) is 0 Å². The van der Waals surface area contributed by atoms with Crippen LogP contribution in [0.2, 0.25) is 0 Å². The van der Waals surface area contributed by atoms with Crippen LogP contribution in [0, 0.1) is 12.8 Å². The number of benzene rings is 1. The minimum atomic E-state index is -0.780. The fourth-order valence-corrected chi connectivity index (χ4v) is 4.36. The second kappa shape index (κ2) is 11.2. The van der Waals surface area contributed by atoms with Gasteiger partial charge in [0.2, 0.25) is 5.88 Å². The second-order valence-electron chi connectivity index (χ2n) is 9.11. The van der Waals surface area contributed by atoms with Gasteiger partial charge in [-0.1, -0.05) is 30.3 Å². The average Bonchev–Trinajstić information content (AvgIpc) is 3.24. The molecule has 190 valence electrons. The highest BCUT2D eigenvalue weighted by Gasteiger charge is 2.29. The molecule has 2 heterocycles. The summed E-state index contributed by atoms with van der Waals surface area (Å²) in [6.45, 7) is 2.28. The molecule has 1 amide bonds. The Morgan fingerprint density at radius 1 is 1.19 bits per heavy atom. The van der Waals surface area contributed by atoms with Gasteiger partial charge in [-0.15, -0.1) is 0 Å². The third-order valence-electron chi connectivity index (χ3n) is 6.40. The molecule has 0 aliphatic heterocycles. The first-order chi connectivity index (χ1) is 17.3. The van der Waals surface area contributed by atoms with Gasteiger partial charge in [-0.25, -0.2) is 14.8 Å². The summed E-state index contributed by atoms with van der Waals surface area (Å²) in [4.78, 5) is 34.5. The predicted octanol–water partition coefficient (Wildman–Crippen LogP) is 3.98. The molecule has 1 saturated carbocycles. The van der Waals surface area contributed by atoms with Crippen molar-refractivity contribution >= 4 is 12.1 Å². The molecule has 36 heavy (non-hydrogen) atoms. The van der Waals surface area contributed by atoms with Gasteiger partial charge >= 0.3 is 12.1 Å². The number of amides is 1. The Kier molecular flexibility index (Phi) is 7.82. The minimum Gasteiger partial charge on any atom is -0.481 e. The van der Waals surface area contributed by atoms with Crippen LogP contribution in [0.25, 0.3) is 11.3 Å². The van der Waals surface area contributed by atoms with E-state index in [9.17, 15) is 14.7 Å². The molecule has 10 nitrogen and oxygen atoms in total. The van der Waals surface area contributed by atoms with Crippen molar-refractivity contribution in [2.75, 3.05) is 7.05 Å². The predicted molar refractivity (Wildman–Crippen MR) is 131 cm³/mol. The third kappa shape index (κ3) is 5.99. The molecule has 10 heteroatoms. The molecular weight excluding hydrogens is 462 g/mol. The van der Waals surface area contributed by atoms with Crippen molar-refractivity contribution < 1.29 is 24.2 Å². The van der Waals surface area contributed by atoms with Crippen LogP contribution in [0.1, 0.15) is 42.6 Å². The van der Waals surface area contributed by atoms with E-state index in [1.807, 2.05) is 30.3 Å². The van der Waals surface area contributed by atoms with Crippen LogP contribution in [0.15, 0.2) is 42.7 Å². The molecule has 2 atom stereocenters. The SMILES string of the molecule is Cc1nc(-c2cnn(C)c2COC(=O)N(C)Cc2ccccc2)cnc1O[C@H]1CCC[C@H](C(=O)O)C1. The lowest BCUT2D eigenvalue weighted by Gasteiger charge is -2.27.